The summed E-state index contributed by atoms with van der Waals surface area (Å²) in [6.07, 6.45) is 0. The third-order valence-electron chi connectivity index (χ3n) is 3.62. The summed E-state index contributed by atoms with van der Waals surface area (Å²) in [5.74, 6) is -0.211. The van der Waals surface area contributed by atoms with E-state index in [0.29, 0.717) is 13.1 Å². The summed E-state index contributed by atoms with van der Waals surface area (Å²) < 4.78 is 0. The van der Waals surface area contributed by atoms with Crippen LogP contribution in [0.3, 0.4) is 0 Å². The molecule has 0 saturated carbocycles. The van der Waals surface area contributed by atoms with E-state index >= 15 is 0 Å². The lowest BCUT2D eigenvalue weighted by molar-refractivity contribution is -0.129. The molecule has 1 aliphatic heterocycles. The molecule has 0 saturated heterocycles. The molecule has 0 aromatic heterocycles. The van der Waals surface area contributed by atoms with E-state index in [9.17, 15) is 9.59 Å². The van der Waals surface area contributed by atoms with Crippen molar-refractivity contribution in [1.82, 2.24) is 10.6 Å². The van der Waals surface area contributed by atoms with E-state index in [1.54, 1.807) is 20.9 Å². The first-order valence-corrected chi connectivity index (χ1v) is 7.03. The molecule has 6 nitrogen and oxygen atoms in total. The zero-order chi connectivity index (χ0) is 15.5. The molecule has 6 heteroatoms. The molecule has 0 aliphatic carbocycles. The maximum atomic E-state index is 12.2. The molecule has 114 valence electrons. The molecule has 0 spiro atoms. The van der Waals surface area contributed by atoms with Gasteiger partial charge in [0.1, 0.15) is 6.04 Å². The van der Waals surface area contributed by atoms with Gasteiger partial charge < -0.3 is 21.3 Å². The van der Waals surface area contributed by atoms with Gasteiger partial charge in [0.15, 0.2) is 0 Å². The van der Waals surface area contributed by atoms with E-state index in [1.807, 2.05) is 24.3 Å². The molecule has 0 fully saturated rings. The van der Waals surface area contributed by atoms with Crippen LogP contribution in [-0.4, -0.2) is 38.0 Å². The molecule has 1 aromatic carbocycles. The maximum absolute atomic E-state index is 12.2. The summed E-state index contributed by atoms with van der Waals surface area (Å²) in [5.41, 5.74) is 1.27. The number of carbonyl (C=O) groups excluding carboxylic acids is 2. The molecule has 1 atom stereocenters. The Bertz CT molecular complexity index is 542. The molecule has 21 heavy (non-hydrogen) atoms. The first kappa shape index (κ1) is 15.2. The van der Waals surface area contributed by atoms with Crippen molar-refractivity contribution in [3.8, 4) is 0 Å². The van der Waals surface area contributed by atoms with Crippen LogP contribution in [0.25, 0.3) is 0 Å². The van der Waals surface area contributed by atoms with Crippen LogP contribution in [0.1, 0.15) is 13.8 Å². The van der Waals surface area contributed by atoms with Crippen molar-refractivity contribution in [2.45, 2.75) is 19.9 Å². The SMILES string of the molecule is CNC(=O)C(C)(C)CNC(=O)C1CNc2ccccc2N1. The van der Waals surface area contributed by atoms with Crippen molar-refractivity contribution < 1.29 is 9.59 Å². The Morgan fingerprint density at radius 2 is 1.95 bits per heavy atom. The van der Waals surface area contributed by atoms with Gasteiger partial charge in [-0.2, -0.15) is 0 Å². The molecule has 2 amide bonds. The van der Waals surface area contributed by atoms with E-state index < -0.39 is 5.41 Å². The van der Waals surface area contributed by atoms with Gasteiger partial charge in [-0.15, -0.1) is 0 Å². The summed E-state index contributed by atoms with van der Waals surface area (Å²) in [6.45, 7) is 4.41. The minimum Gasteiger partial charge on any atom is -0.381 e. The second-order valence-corrected chi connectivity index (χ2v) is 5.80. The Morgan fingerprint density at radius 3 is 2.62 bits per heavy atom. The van der Waals surface area contributed by atoms with Crippen LogP contribution in [-0.2, 0) is 9.59 Å². The van der Waals surface area contributed by atoms with Crippen molar-refractivity contribution >= 4 is 23.2 Å². The number of anilines is 2. The zero-order valence-electron chi connectivity index (χ0n) is 12.6. The average Bonchev–Trinajstić information content (AvgIpc) is 2.51. The first-order valence-electron chi connectivity index (χ1n) is 7.03. The summed E-state index contributed by atoms with van der Waals surface area (Å²) in [7, 11) is 1.59. The summed E-state index contributed by atoms with van der Waals surface area (Å²) in [6, 6.07) is 7.41. The van der Waals surface area contributed by atoms with Crippen LogP contribution >= 0.6 is 0 Å². The Labute approximate surface area is 124 Å². The monoisotopic (exact) mass is 290 g/mol. The highest BCUT2D eigenvalue weighted by atomic mass is 16.2. The highest BCUT2D eigenvalue weighted by molar-refractivity contribution is 5.89. The van der Waals surface area contributed by atoms with E-state index in [0.717, 1.165) is 11.4 Å². The van der Waals surface area contributed by atoms with E-state index in [2.05, 4.69) is 21.3 Å². The Kier molecular flexibility index (Phi) is 4.35. The lowest BCUT2D eigenvalue weighted by atomic mass is 9.92. The minimum atomic E-state index is -0.635. The number of fused-ring (bicyclic) bond motifs is 1. The van der Waals surface area contributed by atoms with E-state index in [1.165, 1.54) is 0 Å². The largest absolute Gasteiger partial charge is 0.381 e. The van der Waals surface area contributed by atoms with Gasteiger partial charge in [0, 0.05) is 20.1 Å². The van der Waals surface area contributed by atoms with Crippen LogP contribution in [0.4, 0.5) is 11.4 Å². The van der Waals surface area contributed by atoms with Gasteiger partial charge in [0.05, 0.1) is 16.8 Å². The molecule has 1 unspecified atom stereocenters. The molecule has 0 radical (unpaired) electrons. The topological polar surface area (TPSA) is 82.3 Å². The number of carbonyl (C=O) groups is 2. The number of nitrogens with one attached hydrogen (secondary N) is 4. The van der Waals surface area contributed by atoms with Crippen LogP contribution in [0.2, 0.25) is 0 Å². The molecule has 2 rings (SSSR count). The number of amides is 2. The number of para-hydroxylation sites is 2. The van der Waals surface area contributed by atoms with Crippen LogP contribution < -0.4 is 21.3 Å². The van der Waals surface area contributed by atoms with Crippen molar-refractivity contribution in [2.75, 3.05) is 30.8 Å². The smallest absolute Gasteiger partial charge is 0.244 e. The van der Waals surface area contributed by atoms with Gasteiger partial charge in [-0.25, -0.2) is 0 Å². The summed E-state index contributed by atoms with van der Waals surface area (Å²) in [4.78, 5) is 23.9. The van der Waals surface area contributed by atoms with Gasteiger partial charge in [0.25, 0.3) is 0 Å². The van der Waals surface area contributed by atoms with Crippen LogP contribution in [0, 0.1) is 5.41 Å². The maximum Gasteiger partial charge on any atom is 0.244 e. The molecular weight excluding hydrogens is 268 g/mol. The fraction of sp³-hybridized carbons (Fsp3) is 0.467. The van der Waals surface area contributed by atoms with Crippen LogP contribution in [0.5, 0.6) is 0 Å². The van der Waals surface area contributed by atoms with Crippen LogP contribution in [0.15, 0.2) is 24.3 Å². The van der Waals surface area contributed by atoms with Gasteiger partial charge >= 0.3 is 0 Å². The fourth-order valence-electron chi connectivity index (χ4n) is 2.22. The van der Waals surface area contributed by atoms with Gasteiger partial charge in [0.2, 0.25) is 11.8 Å². The van der Waals surface area contributed by atoms with Crippen molar-refractivity contribution in [3.63, 3.8) is 0 Å². The van der Waals surface area contributed by atoms with Crippen molar-refractivity contribution in [1.29, 1.82) is 0 Å². The lowest BCUT2D eigenvalue weighted by Gasteiger charge is -2.29. The predicted octanol–water partition coefficient (Wildman–Crippen LogP) is 0.781. The number of benzene rings is 1. The second kappa shape index (κ2) is 6.03. The standard InChI is InChI=1S/C15H22N4O2/c1-15(2,14(21)16-3)9-18-13(20)12-8-17-10-6-4-5-7-11(10)19-12/h4-7,12,17,19H,8-9H2,1-3H3,(H,16,21)(H,18,20). The van der Waals surface area contributed by atoms with Crippen molar-refractivity contribution in [3.05, 3.63) is 24.3 Å². The normalized spacial score (nSPS) is 17.0. The number of hydrogen-bond donors (Lipinski definition) is 4. The van der Waals surface area contributed by atoms with E-state index in [-0.39, 0.29) is 17.9 Å². The Hall–Kier alpha value is -2.24. The highest BCUT2D eigenvalue weighted by Crippen LogP contribution is 2.25. The van der Waals surface area contributed by atoms with E-state index in [4.69, 9.17) is 0 Å². The lowest BCUT2D eigenvalue weighted by Crippen LogP contribution is -2.50. The van der Waals surface area contributed by atoms with Gasteiger partial charge in [-0.3, -0.25) is 9.59 Å². The van der Waals surface area contributed by atoms with Crippen molar-refractivity contribution in [2.24, 2.45) is 5.41 Å². The Morgan fingerprint density at radius 1 is 1.29 bits per heavy atom. The first-order chi connectivity index (χ1) is 9.94. The molecule has 1 aliphatic rings. The zero-order valence-corrected chi connectivity index (χ0v) is 12.6. The molecule has 1 aromatic rings. The molecule has 1 heterocycles. The van der Waals surface area contributed by atoms with Gasteiger partial charge in [-0.05, 0) is 26.0 Å². The molecule has 0 bridgehead atoms. The number of hydrogen-bond acceptors (Lipinski definition) is 4. The molecular formula is C15H22N4O2. The minimum absolute atomic E-state index is 0.0946. The predicted molar refractivity (Wildman–Crippen MR) is 83.2 cm³/mol. The van der Waals surface area contributed by atoms with Gasteiger partial charge in [-0.1, -0.05) is 12.1 Å². The Balaban J connectivity index is 1.92. The quantitative estimate of drug-likeness (QED) is 0.660. The summed E-state index contributed by atoms with van der Waals surface area (Å²) in [5, 5.41) is 11.9. The third kappa shape index (κ3) is 3.45. The average molecular weight is 290 g/mol. The number of rotatable bonds is 4. The highest BCUT2D eigenvalue weighted by Gasteiger charge is 2.29. The molecule has 4 N–H and O–H groups in total. The fourth-order valence-corrected chi connectivity index (χ4v) is 2.22. The third-order valence-corrected chi connectivity index (χ3v) is 3.62. The second-order valence-electron chi connectivity index (χ2n) is 5.80. The summed E-state index contributed by atoms with van der Waals surface area (Å²) >= 11 is 0.